The fraction of sp³-hybridized carbons (Fsp3) is 0.231. The maximum atomic E-state index is 5.96. The van der Waals surface area contributed by atoms with Gasteiger partial charge < -0.3 is 5.73 Å². The summed E-state index contributed by atoms with van der Waals surface area (Å²) in [6, 6.07) is 12.5. The standard InChI is InChI=1S/C13H14ClNS2/c1-9-3-2-4-10(7-9)16-12(8-15)11-5-6-13(14)17-11/h2-7,12H,8,15H2,1H3. The molecule has 1 aromatic heterocycles. The zero-order valence-corrected chi connectivity index (χ0v) is 11.9. The minimum atomic E-state index is 0.286. The molecule has 0 aliphatic carbocycles. The van der Waals surface area contributed by atoms with Crippen LogP contribution >= 0.6 is 34.7 Å². The van der Waals surface area contributed by atoms with Crippen LogP contribution in [-0.2, 0) is 0 Å². The highest BCUT2D eigenvalue weighted by molar-refractivity contribution is 7.99. The first-order chi connectivity index (χ1) is 8.19. The second-order valence-electron chi connectivity index (χ2n) is 3.80. The number of halogens is 1. The number of nitrogens with two attached hydrogens (primary N) is 1. The van der Waals surface area contributed by atoms with Crippen LogP contribution in [0.1, 0.15) is 15.7 Å². The second-order valence-corrected chi connectivity index (χ2v) is 6.82. The first-order valence-electron chi connectivity index (χ1n) is 5.37. The molecular weight excluding hydrogens is 270 g/mol. The maximum absolute atomic E-state index is 5.96. The van der Waals surface area contributed by atoms with Gasteiger partial charge in [-0.2, -0.15) is 0 Å². The number of hydrogen-bond donors (Lipinski definition) is 1. The van der Waals surface area contributed by atoms with Gasteiger partial charge in [0.25, 0.3) is 0 Å². The normalized spacial score (nSPS) is 12.6. The van der Waals surface area contributed by atoms with Crippen LogP contribution in [0.2, 0.25) is 4.34 Å². The summed E-state index contributed by atoms with van der Waals surface area (Å²) in [7, 11) is 0. The van der Waals surface area contributed by atoms with E-state index in [1.54, 1.807) is 23.1 Å². The second kappa shape index (κ2) is 5.91. The lowest BCUT2D eigenvalue weighted by Crippen LogP contribution is -2.07. The molecule has 0 bridgehead atoms. The maximum Gasteiger partial charge on any atom is 0.0931 e. The van der Waals surface area contributed by atoms with Gasteiger partial charge in [-0.25, -0.2) is 0 Å². The average Bonchev–Trinajstić information content (AvgIpc) is 2.73. The minimum absolute atomic E-state index is 0.286. The van der Waals surface area contributed by atoms with E-state index in [2.05, 4.69) is 37.3 Å². The molecule has 1 atom stereocenters. The third-order valence-electron chi connectivity index (χ3n) is 2.39. The molecule has 0 aliphatic heterocycles. The van der Waals surface area contributed by atoms with Gasteiger partial charge in [-0.05, 0) is 31.2 Å². The molecular formula is C13H14ClNS2. The van der Waals surface area contributed by atoms with Gasteiger partial charge in [0.15, 0.2) is 0 Å². The quantitative estimate of drug-likeness (QED) is 0.836. The van der Waals surface area contributed by atoms with Crippen molar-refractivity contribution in [2.75, 3.05) is 6.54 Å². The van der Waals surface area contributed by atoms with Crippen molar-refractivity contribution in [1.29, 1.82) is 0 Å². The van der Waals surface area contributed by atoms with Gasteiger partial charge >= 0.3 is 0 Å². The van der Waals surface area contributed by atoms with E-state index in [0.717, 1.165) is 4.34 Å². The van der Waals surface area contributed by atoms with Crippen LogP contribution in [-0.4, -0.2) is 6.54 Å². The molecule has 0 fully saturated rings. The number of thioether (sulfide) groups is 1. The lowest BCUT2D eigenvalue weighted by molar-refractivity contribution is 0.960. The molecule has 1 heterocycles. The summed E-state index contributed by atoms with van der Waals surface area (Å²) >= 11 is 9.36. The van der Waals surface area contributed by atoms with Crippen molar-refractivity contribution in [2.24, 2.45) is 5.73 Å². The van der Waals surface area contributed by atoms with Crippen LogP contribution in [0, 0.1) is 6.92 Å². The molecule has 1 aromatic carbocycles. The fourth-order valence-corrected chi connectivity index (χ4v) is 3.95. The van der Waals surface area contributed by atoms with E-state index in [1.165, 1.54) is 15.3 Å². The lowest BCUT2D eigenvalue weighted by atomic mass is 10.2. The Bertz CT molecular complexity index is 496. The molecule has 4 heteroatoms. The van der Waals surface area contributed by atoms with Crippen LogP contribution in [0.15, 0.2) is 41.3 Å². The van der Waals surface area contributed by atoms with Crippen molar-refractivity contribution in [2.45, 2.75) is 17.1 Å². The summed E-state index contributed by atoms with van der Waals surface area (Å²) in [6.07, 6.45) is 0. The first-order valence-corrected chi connectivity index (χ1v) is 7.45. The van der Waals surface area contributed by atoms with Gasteiger partial charge in [0.1, 0.15) is 0 Å². The SMILES string of the molecule is Cc1cccc(SC(CN)c2ccc(Cl)s2)c1. The Morgan fingerprint density at radius 1 is 1.35 bits per heavy atom. The smallest absolute Gasteiger partial charge is 0.0931 e. The first kappa shape index (κ1) is 13.0. The number of aryl methyl sites for hydroxylation is 1. The zero-order chi connectivity index (χ0) is 12.3. The van der Waals surface area contributed by atoms with Gasteiger partial charge in [0, 0.05) is 16.3 Å². The van der Waals surface area contributed by atoms with E-state index >= 15 is 0 Å². The van der Waals surface area contributed by atoms with Gasteiger partial charge in [0.2, 0.25) is 0 Å². The van der Waals surface area contributed by atoms with Crippen LogP contribution in [0.4, 0.5) is 0 Å². The molecule has 2 aromatic rings. The van der Waals surface area contributed by atoms with Crippen LogP contribution in [0.3, 0.4) is 0 Å². The van der Waals surface area contributed by atoms with E-state index in [9.17, 15) is 0 Å². The van der Waals surface area contributed by atoms with Gasteiger partial charge in [-0.3, -0.25) is 0 Å². The molecule has 17 heavy (non-hydrogen) atoms. The Kier molecular flexibility index (Phi) is 4.51. The molecule has 1 nitrogen and oxygen atoms in total. The molecule has 0 saturated heterocycles. The minimum Gasteiger partial charge on any atom is -0.329 e. The number of rotatable bonds is 4. The molecule has 0 saturated carbocycles. The Balaban J connectivity index is 2.15. The van der Waals surface area contributed by atoms with Crippen molar-refractivity contribution < 1.29 is 0 Å². The van der Waals surface area contributed by atoms with Crippen molar-refractivity contribution in [3.63, 3.8) is 0 Å². The van der Waals surface area contributed by atoms with E-state index in [-0.39, 0.29) is 5.25 Å². The van der Waals surface area contributed by atoms with E-state index < -0.39 is 0 Å². The number of thiophene rings is 1. The summed E-state index contributed by atoms with van der Waals surface area (Å²) in [5.74, 6) is 0. The van der Waals surface area contributed by atoms with Gasteiger partial charge in [-0.1, -0.05) is 29.3 Å². The summed E-state index contributed by atoms with van der Waals surface area (Å²) in [5, 5.41) is 0.286. The Labute approximate surface area is 115 Å². The van der Waals surface area contributed by atoms with E-state index in [4.69, 9.17) is 17.3 Å². The van der Waals surface area contributed by atoms with Gasteiger partial charge in [0.05, 0.1) is 9.59 Å². The highest BCUT2D eigenvalue weighted by Crippen LogP contribution is 2.38. The molecule has 1 unspecified atom stereocenters. The Morgan fingerprint density at radius 3 is 2.76 bits per heavy atom. The van der Waals surface area contributed by atoms with Crippen molar-refractivity contribution in [1.82, 2.24) is 0 Å². The highest BCUT2D eigenvalue weighted by atomic mass is 35.5. The largest absolute Gasteiger partial charge is 0.329 e. The Morgan fingerprint density at radius 2 is 2.18 bits per heavy atom. The van der Waals surface area contributed by atoms with E-state index in [1.807, 2.05) is 6.07 Å². The number of benzene rings is 1. The third kappa shape index (κ3) is 3.49. The molecule has 2 N–H and O–H groups in total. The zero-order valence-electron chi connectivity index (χ0n) is 9.52. The highest BCUT2D eigenvalue weighted by Gasteiger charge is 2.13. The molecule has 90 valence electrons. The predicted molar refractivity (Wildman–Crippen MR) is 78.2 cm³/mol. The van der Waals surface area contributed by atoms with Crippen molar-refractivity contribution >= 4 is 34.7 Å². The predicted octanol–water partition coefficient (Wildman–Crippen LogP) is 4.50. The van der Waals surface area contributed by atoms with Crippen LogP contribution < -0.4 is 5.73 Å². The summed E-state index contributed by atoms with van der Waals surface area (Å²) in [5.41, 5.74) is 7.12. The fourth-order valence-electron chi connectivity index (χ4n) is 1.58. The molecule has 0 radical (unpaired) electrons. The van der Waals surface area contributed by atoms with Crippen LogP contribution in [0.5, 0.6) is 0 Å². The third-order valence-corrected chi connectivity index (χ3v) is 5.14. The van der Waals surface area contributed by atoms with Crippen LogP contribution in [0.25, 0.3) is 0 Å². The lowest BCUT2D eigenvalue weighted by Gasteiger charge is -2.12. The summed E-state index contributed by atoms with van der Waals surface area (Å²) < 4.78 is 0.822. The number of hydrogen-bond acceptors (Lipinski definition) is 3. The average molecular weight is 284 g/mol. The Hall–Kier alpha value is -0.480. The monoisotopic (exact) mass is 283 g/mol. The van der Waals surface area contributed by atoms with E-state index in [0.29, 0.717) is 6.54 Å². The molecule has 0 aliphatic rings. The topological polar surface area (TPSA) is 26.0 Å². The van der Waals surface area contributed by atoms with Crippen molar-refractivity contribution in [3.05, 3.63) is 51.2 Å². The van der Waals surface area contributed by atoms with Gasteiger partial charge in [-0.15, -0.1) is 23.1 Å². The molecule has 0 amide bonds. The molecule has 2 rings (SSSR count). The summed E-state index contributed by atoms with van der Waals surface area (Å²) in [4.78, 5) is 2.49. The molecule has 0 spiro atoms. The summed E-state index contributed by atoms with van der Waals surface area (Å²) in [6.45, 7) is 2.72. The van der Waals surface area contributed by atoms with Crippen molar-refractivity contribution in [3.8, 4) is 0 Å².